The Morgan fingerprint density at radius 1 is 1.33 bits per heavy atom. The number of hydrogen-bond acceptors (Lipinski definition) is 5. The highest BCUT2D eigenvalue weighted by Crippen LogP contribution is 2.21. The van der Waals surface area contributed by atoms with Crippen molar-refractivity contribution < 1.29 is 23.4 Å². The number of amides is 1. The number of rotatable bonds is 9. The van der Waals surface area contributed by atoms with Crippen molar-refractivity contribution in [2.24, 2.45) is 0 Å². The first-order chi connectivity index (χ1) is 14.3. The van der Waals surface area contributed by atoms with Crippen LogP contribution in [0.2, 0.25) is 0 Å². The summed E-state index contributed by atoms with van der Waals surface area (Å²) in [6.45, 7) is 3.42. The number of nitrogens with one attached hydrogen (secondary N) is 1. The average molecular weight is 418 g/mol. The van der Waals surface area contributed by atoms with Gasteiger partial charge in [-0.2, -0.15) is 5.10 Å². The highest BCUT2D eigenvalue weighted by atomic mass is 19.3. The molecule has 7 nitrogen and oxygen atoms in total. The molecule has 9 heteroatoms. The molecule has 0 radical (unpaired) electrons. The Morgan fingerprint density at radius 3 is 2.83 bits per heavy atom. The van der Waals surface area contributed by atoms with Gasteiger partial charge in [0, 0.05) is 24.3 Å². The summed E-state index contributed by atoms with van der Waals surface area (Å²) in [6, 6.07) is 7.13. The molecule has 0 spiro atoms. The number of carbonyl (C=O) groups is 1. The van der Waals surface area contributed by atoms with Crippen LogP contribution in [0.25, 0.3) is 10.9 Å². The predicted octanol–water partition coefficient (Wildman–Crippen LogP) is 2.47. The van der Waals surface area contributed by atoms with Crippen LogP contribution in [0, 0.1) is 6.92 Å². The molecule has 0 saturated heterocycles. The zero-order chi connectivity index (χ0) is 21.7. The zero-order valence-corrected chi connectivity index (χ0v) is 16.8. The third-order valence-electron chi connectivity index (χ3n) is 4.44. The molecule has 0 bridgehead atoms. The van der Waals surface area contributed by atoms with E-state index in [1.54, 1.807) is 36.9 Å². The average Bonchev–Trinajstić information content (AvgIpc) is 3.09. The standard InChI is InChI=1S/C21H24F2N4O3/c1-13-7-15(3-4-19(13)30-12-20(22)23)10-27-11-16-17(26-27)5-6-24-18(16)8-21(29)25-9-14(2)28/h3-7,11,14,20,28H,8-10,12H2,1-2H3,(H,25,29)/t14-/m1/s1. The number of fused-ring (bicyclic) bond motifs is 1. The van der Waals surface area contributed by atoms with Crippen LogP contribution in [-0.2, 0) is 17.8 Å². The zero-order valence-electron chi connectivity index (χ0n) is 16.8. The van der Waals surface area contributed by atoms with Crippen LogP contribution < -0.4 is 10.1 Å². The lowest BCUT2D eigenvalue weighted by atomic mass is 10.1. The molecular weight excluding hydrogens is 394 g/mol. The number of carbonyl (C=O) groups excluding carboxylic acids is 1. The minimum Gasteiger partial charge on any atom is -0.487 e. The molecule has 0 aliphatic heterocycles. The molecule has 0 aliphatic carbocycles. The van der Waals surface area contributed by atoms with Crippen LogP contribution in [0.5, 0.6) is 5.75 Å². The summed E-state index contributed by atoms with van der Waals surface area (Å²) in [4.78, 5) is 16.4. The van der Waals surface area contributed by atoms with Crippen molar-refractivity contribution in [3.05, 3.63) is 53.5 Å². The second-order valence-corrected chi connectivity index (χ2v) is 7.15. The van der Waals surface area contributed by atoms with Crippen LogP contribution in [0.3, 0.4) is 0 Å². The Kier molecular flexibility index (Phi) is 6.94. The quantitative estimate of drug-likeness (QED) is 0.557. The van der Waals surface area contributed by atoms with Gasteiger partial charge in [0.25, 0.3) is 6.43 Å². The molecule has 0 fully saturated rings. The van der Waals surface area contributed by atoms with Crippen LogP contribution >= 0.6 is 0 Å². The molecule has 2 aromatic heterocycles. The minimum atomic E-state index is -2.52. The molecule has 2 N–H and O–H groups in total. The van der Waals surface area contributed by atoms with Crippen molar-refractivity contribution in [2.45, 2.75) is 39.3 Å². The largest absolute Gasteiger partial charge is 0.487 e. The normalized spacial score (nSPS) is 12.3. The smallest absolute Gasteiger partial charge is 0.272 e. The van der Waals surface area contributed by atoms with Crippen molar-refractivity contribution in [3.63, 3.8) is 0 Å². The molecular formula is C21H24F2N4O3. The van der Waals surface area contributed by atoms with Crippen molar-refractivity contribution >= 4 is 16.8 Å². The van der Waals surface area contributed by atoms with Crippen LogP contribution in [0.1, 0.15) is 23.7 Å². The van der Waals surface area contributed by atoms with Gasteiger partial charge < -0.3 is 15.2 Å². The van der Waals surface area contributed by atoms with E-state index in [9.17, 15) is 18.7 Å². The maximum Gasteiger partial charge on any atom is 0.272 e. The minimum absolute atomic E-state index is 0.0883. The van der Waals surface area contributed by atoms with Gasteiger partial charge in [0.2, 0.25) is 5.91 Å². The van der Waals surface area contributed by atoms with Gasteiger partial charge >= 0.3 is 0 Å². The van der Waals surface area contributed by atoms with Crippen LogP contribution in [0.4, 0.5) is 8.78 Å². The van der Waals surface area contributed by atoms with E-state index >= 15 is 0 Å². The molecule has 3 rings (SSSR count). The third-order valence-corrected chi connectivity index (χ3v) is 4.44. The summed E-state index contributed by atoms with van der Waals surface area (Å²) >= 11 is 0. The number of alkyl halides is 2. The summed E-state index contributed by atoms with van der Waals surface area (Å²) in [5.41, 5.74) is 3.03. The second-order valence-electron chi connectivity index (χ2n) is 7.15. The maximum absolute atomic E-state index is 12.3. The molecule has 1 aromatic carbocycles. The molecule has 0 aliphatic rings. The van der Waals surface area contributed by atoms with Gasteiger partial charge in [-0.25, -0.2) is 8.78 Å². The Morgan fingerprint density at radius 2 is 2.13 bits per heavy atom. The Hall–Kier alpha value is -3.07. The molecule has 3 aromatic rings. The van der Waals surface area contributed by atoms with Crippen molar-refractivity contribution in [3.8, 4) is 5.75 Å². The number of benzene rings is 1. The van der Waals surface area contributed by atoms with Crippen molar-refractivity contribution in [1.29, 1.82) is 0 Å². The molecule has 160 valence electrons. The van der Waals surface area contributed by atoms with Gasteiger partial charge in [0.1, 0.15) is 12.4 Å². The Labute approximate surface area is 172 Å². The third kappa shape index (κ3) is 5.73. The van der Waals surface area contributed by atoms with Gasteiger partial charge in [-0.05, 0) is 37.1 Å². The number of hydrogen-bond donors (Lipinski definition) is 2. The summed E-state index contributed by atoms with van der Waals surface area (Å²) in [5.74, 6) is 0.207. The summed E-state index contributed by atoms with van der Waals surface area (Å²) in [5, 5.41) is 17.3. The fourth-order valence-corrected chi connectivity index (χ4v) is 3.06. The number of aromatic nitrogens is 3. The van der Waals surface area contributed by atoms with E-state index in [-0.39, 0.29) is 18.9 Å². The van der Waals surface area contributed by atoms with E-state index < -0.39 is 19.1 Å². The van der Waals surface area contributed by atoms with Gasteiger partial charge in [-0.3, -0.25) is 14.5 Å². The number of ether oxygens (including phenoxy) is 1. The van der Waals surface area contributed by atoms with Gasteiger partial charge in [-0.15, -0.1) is 0 Å². The second kappa shape index (κ2) is 9.62. The Bertz CT molecular complexity index is 1020. The van der Waals surface area contributed by atoms with Gasteiger partial charge in [-0.1, -0.05) is 12.1 Å². The fourth-order valence-electron chi connectivity index (χ4n) is 3.06. The molecule has 2 heterocycles. The van der Waals surface area contributed by atoms with Crippen LogP contribution in [0.15, 0.2) is 36.7 Å². The molecule has 1 atom stereocenters. The molecule has 30 heavy (non-hydrogen) atoms. The first-order valence-corrected chi connectivity index (χ1v) is 9.58. The van der Waals surface area contributed by atoms with E-state index in [1.807, 2.05) is 18.3 Å². The summed E-state index contributed by atoms with van der Waals surface area (Å²) < 4.78 is 31.5. The van der Waals surface area contributed by atoms with E-state index in [2.05, 4.69) is 15.4 Å². The maximum atomic E-state index is 12.3. The van der Waals surface area contributed by atoms with Crippen molar-refractivity contribution in [1.82, 2.24) is 20.1 Å². The highest BCUT2D eigenvalue weighted by Gasteiger charge is 2.12. The lowest BCUT2D eigenvalue weighted by Gasteiger charge is -2.10. The molecule has 0 saturated carbocycles. The van der Waals surface area contributed by atoms with Crippen molar-refractivity contribution in [2.75, 3.05) is 13.2 Å². The van der Waals surface area contributed by atoms with Gasteiger partial charge in [0.05, 0.1) is 30.3 Å². The topological polar surface area (TPSA) is 89.3 Å². The number of nitrogens with zero attached hydrogens (tertiary/aromatic N) is 3. The first-order valence-electron chi connectivity index (χ1n) is 9.58. The number of aliphatic hydroxyl groups excluding tert-OH is 1. The monoisotopic (exact) mass is 418 g/mol. The van der Waals surface area contributed by atoms with E-state index in [0.717, 1.165) is 22.0 Å². The fraction of sp³-hybridized carbons (Fsp3) is 0.381. The lowest BCUT2D eigenvalue weighted by Crippen LogP contribution is -2.31. The van der Waals surface area contributed by atoms with Crippen LogP contribution in [-0.4, -0.2) is 51.5 Å². The number of aryl methyl sites for hydroxylation is 1. The first kappa shape index (κ1) is 21.6. The van der Waals surface area contributed by atoms with E-state index in [0.29, 0.717) is 18.0 Å². The Balaban J connectivity index is 1.73. The molecule has 0 unspecified atom stereocenters. The molecule has 1 amide bonds. The SMILES string of the molecule is Cc1cc(Cn2cc3c(CC(=O)NC[C@@H](C)O)nccc3n2)ccc1OCC(F)F. The number of aliphatic hydroxyl groups is 1. The van der Waals surface area contributed by atoms with Gasteiger partial charge in [0.15, 0.2) is 0 Å². The lowest BCUT2D eigenvalue weighted by molar-refractivity contribution is -0.120. The summed E-state index contributed by atoms with van der Waals surface area (Å²) in [7, 11) is 0. The number of pyridine rings is 1. The summed E-state index contributed by atoms with van der Waals surface area (Å²) in [6.07, 6.45) is 0.394. The van der Waals surface area contributed by atoms with E-state index in [4.69, 9.17) is 4.74 Å². The highest BCUT2D eigenvalue weighted by molar-refractivity contribution is 5.86. The predicted molar refractivity (Wildman–Crippen MR) is 108 cm³/mol. The van der Waals surface area contributed by atoms with E-state index in [1.165, 1.54) is 0 Å². The number of halogens is 2.